The van der Waals surface area contributed by atoms with Gasteiger partial charge in [-0.1, -0.05) is 18.2 Å². The van der Waals surface area contributed by atoms with Crippen LogP contribution in [0.25, 0.3) is 33.3 Å². The van der Waals surface area contributed by atoms with Crippen molar-refractivity contribution in [1.82, 2.24) is 28.3 Å². The molecule has 0 fully saturated rings. The van der Waals surface area contributed by atoms with Gasteiger partial charge in [0.15, 0.2) is 5.65 Å². The summed E-state index contributed by atoms with van der Waals surface area (Å²) in [5, 5.41) is 15.1. The summed E-state index contributed by atoms with van der Waals surface area (Å²) in [6.45, 7) is 7.31. The molecule has 2 N–H and O–H groups in total. The van der Waals surface area contributed by atoms with Crippen LogP contribution in [0, 0.1) is 0 Å². The predicted molar refractivity (Wildman–Crippen MR) is 140 cm³/mol. The van der Waals surface area contributed by atoms with Crippen LogP contribution in [0.15, 0.2) is 63.1 Å². The van der Waals surface area contributed by atoms with Crippen molar-refractivity contribution in [2.75, 3.05) is 0 Å². The highest BCUT2D eigenvalue weighted by molar-refractivity contribution is 9.10. The highest BCUT2D eigenvalue weighted by Crippen LogP contribution is 2.42. The highest BCUT2D eigenvalue weighted by Gasteiger charge is 2.31. The van der Waals surface area contributed by atoms with E-state index in [-0.39, 0.29) is 28.8 Å². The summed E-state index contributed by atoms with van der Waals surface area (Å²) in [4.78, 5) is 20.2. The average Bonchev–Trinajstić information content (AvgIpc) is 3.46. The van der Waals surface area contributed by atoms with Gasteiger partial charge in [-0.15, -0.1) is 0 Å². The quantitative estimate of drug-likeness (QED) is 0.317. The molecule has 0 radical (unpaired) electrons. The van der Waals surface area contributed by atoms with Crippen molar-refractivity contribution in [1.29, 1.82) is 0 Å². The lowest BCUT2D eigenvalue weighted by molar-refractivity contribution is 0.0577. The maximum atomic E-state index is 14.0. The van der Waals surface area contributed by atoms with E-state index in [4.69, 9.17) is 0 Å². The first kappa shape index (κ1) is 24.5. The van der Waals surface area contributed by atoms with Gasteiger partial charge in [0.05, 0.1) is 56.0 Å². The summed E-state index contributed by atoms with van der Waals surface area (Å²) in [5.41, 5.74) is 0.733. The highest BCUT2D eigenvalue weighted by atomic mass is 79.9. The van der Waals surface area contributed by atoms with Gasteiger partial charge < -0.3 is 10.1 Å². The van der Waals surface area contributed by atoms with Gasteiger partial charge in [-0.05, 0) is 55.8 Å². The molecule has 5 aromatic rings. The number of nitrogens with one attached hydrogen (secondary N) is 1. The van der Waals surface area contributed by atoms with E-state index in [9.17, 15) is 18.3 Å². The van der Waals surface area contributed by atoms with Crippen LogP contribution in [0.5, 0.6) is 0 Å². The van der Waals surface area contributed by atoms with E-state index in [2.05, 4.69) is 31.0 Å². The van der Waals surface area contributed by atoms with E-state index in [1.165, 1.54) is 22.3 Å². The number of rotatable bonds is 6. The molecule has 0 aliphatic heterocycles. The fraction of sp³-hybridized carbons (Fsp3) is 0.292. The third-order valence-electron chi connectivity index (χ3n) is 5.81. The van der Waals surface area contributed by atoms with Crippen molar-refractivity contribution in [2.45, 2.75) is 50.8 Å². The molecule has 0 spiro atoms. The van der Waals surface area contributed by atoms with Crippen molar-refractivity contribution in [3.8, 4) is 11.3 Å². The Balaban J connectivity index is 1.92. The molecule has 0 atom stereocenters. The van der Waals surface area contributed by atoms with E-state index in [1.54, 1.807) is 53.7 Å². The van der Waals surface area contributed by atoms with Crippen molar-refractivity contribution in [3.05, 3.63) is 63.9 Å². The Morgan fingerprint density at radius 2 is 1.86 bits per heavy atom. The summed E-state index contributed by atoms with van der Waals surface area (Å²) < 4.78 is 32.8. The van der Waals surface area contributed by atoms with Crippen LogP contribution in [-0.2, 0) is 16.6 Å². The van der Waals surface area contributed by atoms with Crippen molar-refractivity contribution >= 4 is 48.0 Å². The van der Waals surface area contributed by atoms with E-state index in [1.807, 2.05) is 13.8 Å². The van der Waals surface area contributed by atoms with Gasteiger partial charge in [0.2, 0.25) is 0 Å². The van der Waals surface area contributed by atoms with Gasteiger partial charge in [-0.25, -0.2) is 22.2 Å². The molecule has 0 saturated carbocycles. The Hall–Kier alpha value is -3.22. The van der Waals surface area contributed by atoms with Gasteiger partial charge in [0.25, 0.3) is 10.0 Å². The van der Waals surface area contributed by atoms with Gasteiger partial charge in [0.1, 0.15) is 0 Å². The lowest BCUT2D eigenvalue weighted by atomic mass is 10.1. The van der Waals surface area contributed by atoms with Crippen LogP contribution in [0.2, 0.25) is 0 Å². The molecular formula is C24H25BrN6O4S. The molecule has 4 heterocycles. The molecule has 188 valence electrons. The number of benzene rings is 1. The number of hydrogen-bond donors (Lipinski definition) is 2. The van der Waals surface area contributed by atoms with Crippen molar-refractivity contribution < 1.29 is 13.5 Å². The first-order valence-electron chi connectivity index (χ1n) is 11.3. The predicted octanol–water partition coefficient (Wildman–Crippen LogP) is 3.89. The number of aliphatic hydroxyl groups is 1. The second kappa shape index (κ2) is 8.43. The standard InChI is InChI=1S/C24H25BrN6O4S/c1-14(2)30-21-17(28-23(30)32)11-26-22-18(21)19(25)20(15-10-27-29(12-15)13-24(3,4)33)31(22)36(34,35)16-8-6-5-7-9-16/h5-12,14,33H,13H2,1-4H3,(H,28,32). The Labute approximate surface area is 215 Å². The molecule has 0 amide bonds. The minimum Gasteiger partial charge on any atom is -0.389 e. The van der Waals surface area contributed by atoms with E-state index < -0.39 is 15.6 Å². The normalized spacial score (nSPS) is 12.9. The largest absolute Gasteiger partial charge is 0.389 e. The number of nitrogens with zero attached hydrogens (tertiary/aromatic N) is 5. The summed E-state index contributed by atoms with van der Waals surface area (Å²) in [6.07, 6.45) is 4.70. The van der Waals surface area contributed by atoms with Crippen LogP contribution < -0.4 is 5.69 Å². The number of imidazole rings is 1. The average molecular weight is 573 g/mol. The van der Waals surface area contributed by atoms with Crippen LogP contribution in [0.3, 0.4) is 0 Å². The van der Waals surface area contributed by atoms with E-state index >= 15 is 0 Å². The first-order chi connectivity index (χ1) is 16.9. The molecule has 0 aliphatic carbocycles. The number of aromatic amines is 1. The number of hydrogen-bond acceptors (Lipinski definition) is 6. The summed E-state index contributed by atoms with van der Waals surface area (Å²) in [5.74, 6) is 0. The lowest BCUT2D eigenvalue weighted by Gasteiger charge is -2.16. The van der Waals surface area contributed by atoms with Gasteiger partial charge in [0, 0.05) is 17.8 Å². The third-order valence-corrected chi connectivity index (χ3v) is 8.29. The summed E-state index contributed by atoms with van der Waals surface area (Å²) in [6, 6.07) is 7.92. The molecule has 4 aromatic heterocycles. The van der Waals surface area contributed by atoms with Crippen LogP contribution >= 0.6 is 15.9 Å². The number of fused-ring (bicyclic) bond motifs is 3. The third kappa shape index (κ3) is 3.89. The summed E-state index contributed by atoms with van der Waals surface area (Å²) >= 11 is 3.65. The summed E-state index contributed by atoms with van der Waals surface area (Å²) in [7, 11) is -4.10. The Morgan fingerprint density at radius 1 is 1.17 bits per heavy atom. The molecule has 0 aliphatic rings. The molecular weight excluding hydrogens is 548 g/mol. The lowest BCUT2D eigenvalue weighted by Crippen LogP contribution is -2.26. The Kier molecular flexibility index (Phi) is 5.73. The maximum absolute atomic E-state index is 14.0. The van der Waals surface area contributed by atoms with Gasteiger partial charge >= 0.3 is 5.69 Å². The number of H-pyrrole nitrogens is 1. The SMILES string of the molecule is CC(C)n1c(=O)[nH]c2cnc3c(c(Br)c(-c4cnn(CC(C)(C)O)c4)n3S(=O)(=O)c3ccccc3)c21. The zero-order valence-electron chi connectivity index (χ0n) is 20.1. The van der Waals surface area contributed by atoms with E-state index in [0.29, 0.717) is 32.1 Å². The zero-order valence-corrected chi connectivity index (χ0v) is 22.5. The fourth-order valence-corrected chi connectivity index (χ4v) is 6.82. The fourth-order valence-electron chi connectivity index (χ4n) is 4.42. The first-order valence-corrected chi connectivity index (χ1v) is 13.5. The topological polar surface area (TPSA) is 128 Å². The van der Waals surface area contributed by atoms with Gasteiger partial charge in [-0.3, -0.25) is 9.25 Å². The Bertz CT molecular complexity index is 1770. The second-order valence-corrected chi connectivity index (χ2v) is 12.2. The van der Waals surface area contributed by atoms with Crippen LogP contribution in [-0.4, -0.2) is 47.4 Å². The molecule has 10 nitrogen and oxygen atoms in total. The monoisotopic (exact) mass is 572 g/mol. The van der Waals surface area contributed by atoms with E-state index in [0.717, 1.165) is 0 Å². The molecule has 36 heavy (non-hydrogen) atoms. The Morgan fingerprint density at radius 3 is 2.50 bits per heavy atom. The van der Waals surface area contributed by atoms with Crippen LogP contribution in [0.1, 0.15) is 33.7 Å². The number of halogens is 1. The van der Waals surface area contributed by atoms with Crippen LogP contribution in [0.4, 0.5) is 0 Å². The molecule has 0 saturated heterocycles. The number of pyridine rings is 1. The maximum Gasteiger partial charge on any atom is 0.326 e. The van der Waals surface area contributed by atoms with Gasteiger partial charge in [-0.2, -0.15) is 5.10 Å². The number of aromatic nitrogens is 6. The second-order valence-electron chi connectivity index (χ2n) is 9.60. The molecule has 0 unspecified atom stereocenters. The molecule has 5 rings (SSSR count). The smallest absolute Gasteiger partial charge is 0.326 e. The molecule has 1 aromatic carbocycles. The molecule has 0 bridgehead atoms. The van der Waals surface area contributed by atoms with Crippen molar-refractivity contribution in [3.63, 3.8) is 0 Å². The molecule has 12 heteroatoms. The minimum atomic E-state index is -4.10. The minimum absolute atomic E-state index is 0.0942. The zero-order chi connectivity index (χ0) is 26.0. The van der Waals surface area contributed by atoms with Crippen molar-refractivity contribution in [2.24, 2.45) is 0 Å².